The molecule has 15 heavy (non-hydrogen) atoms. The topological polar surface area (TPSA) is 9.23 Å². The van der Waals surface area contributed by atoms with Gasteiger partial charge in [0.25, 0.3) is 0 Å². The van der Waals surface area contributed by atoms with Gasteiger partial charge in [0.1, 0.15) is 0 Å². The number of hydrogen-bond donors (Lipinski definition) is 0. The second kappa shape index (κ2) is 5.70. The first-order valence-corrected chi connectivity index (χ1v) is 7.43. The number of halogens is 3. The Hall–Kier alpha value is -0.293. The van der Waals surface area contributed by atoms with E-state index in [0.29, 0.717) is 5.57 Å². The molecule has 1 saturated heterocycles. The third-order valence-electron chi connectivity index (χ3n) is 2.55. The van der Waals surface area contributed by atoms with Crippen LogP contribution in [0, 0.1) is 0 Å². The predicted octanol–water partition coefficient (Wildman–Crippen LogP) is 3.42. The molecule has 0 aromatic carbocycles. The van der Waals surface area contributed by atoms with Gasteiger partial charge in [-0.05, 0) is 24.9 Å². The molecule has 0 aliphatic carbocycles. The van der Waals surface area contributed by atoms with E-state index < -0.39 is 21.6 Å². The lowest BCUT2D eigenvalue weighted by atomic mass is 10.2. The zero-order chi connectivity index (χ0) is 11.3. The summed E-state index contributed by atoms with van der Waals surface area (Å²) in [6.45, 7) is 4.50. The Bertz CT molecular complexity index is 209. The maximum Gasteiger partial charge on any atom is 0.389 e. The lowest BCUT2D eigenvalue weighted by Gasteiger charge is -2.22. The molecule has 0 saturated carbocycles. The first kappa shape index (κ1) is 12.8. The molecule has 1 fully saturated rings. The van der Waals surface area contributed by atoms with Crippen LogP contribution >= 0.6 is 0 Å². The molecule has 5 heteroatoms. The van der Waals surface area contributed by atoms with Crippen LogP contribution in [-0.4, -0.2) is 21.8 Å². The van der Waals surface area contributed by atoms with Crippen molar-refractivity contribution >= 4 is 9.04 Å². The minimum absolute atomic E-state index is 0.0658. The molecule has 1 rings (SSSR count). The van der Waals surface area contributed by atoms with Gasteiger partial charge in [0.15, 0.2) is 9.04 Å². The maximum absolute atomic E-state index is 11.9. The quantitative estimate of drug-likeness (QED) is 0.538. The van der Waals surface area contributed by atoms with Crippen molar-refractivity contribution in [2.75, 3.05) is 6.61 Å². The second-order valence-corrected chi connectivity index (χ2v) is 6.62. The Morgan fingerprint density at radius 2 is 2.07 bits per heavy atom. The van der Waals surface area contributed by atoms with Gasteiger partial charge in [-0.15, -0.1) is 6.58 Å². The molecule has 1 aliphatic heterocycles. The fourth-order valence-corrected chi connectivity index (χ4v) is 4.29. The third kappa shape index (κ3) is 5.99. The van der Waals surface area contributed by atoms with Crippen molar-refractivity contribution in [3.63, 3.8) is 0 Å². The Balaban J connectivity index is 2.17. The number of rotatable bonds is 4. The van der Waals surface area contributed by atoms with Crippen LogP contribution < -0.4 is 0 Å². The Kier molecular flexibility index (Phi) is 4.85. The molecule has 0 N–H and O–H groups in total. The molecule has 0 aromatic rings. The van der Waals surface area contributed by atoms with E-state index in [1.807, 2.05) is 0 Å². The van der Waals surface area contributed by atoms with Crippen molar-refractivity contribution in [3.8, 4) is 0 Å². The maximum atomic E-state index is 11.9. The van der Waals surface area contributed by atoms with Crippen molar-refractivity contribution in [3.05, 3.63) is 12.2 Å². The fraction of sp³-hybridized carbons (Fsp3) is 0.800. The molecule has 0 radical (unpaired) electrons. The number of allylic oxidation sites excluding steroid dienone is 1. The van der Waals surface area contributed by atoms with Gasteiger partial charge in [-0.25, -0.2) is 0 Å². The van der Waals surface area contributed by atoms with Crippen LogP contribution in [0.5, 0.6) is 0 Å². The van der Waals surface area contributed by atoms with Crippen molar-refractivity contribution in [2.45, 2.75) is 43.9 Å². The molecule has 0 aromatic heterocycles. The lowest BCUT2D eigenvalue weighted by molar-refractivity contribution is -0.133. The lowest BCUT2D eigenvalue weighted by Crippen LogP contribution is -2.23. The van der Waals surface area contributed by atoms with Crippen molar-refractivity contribution in [2.24, 2.45) is 0 Å². The van der Waals surface area contributed by atoms with Crippen molar-refractivity contribution in [1.29, 1.82) is 0 Å². The summed E-state index contributed by atoms with van der Waals surface area (Å²) in [5.74, 6) is 0. The van der Waals surface area contributed by atoms with Gasteiger partial charge in [0.2, 0.25) is 0 Å². The highest BCUT2D eigenvalue weighted by atomic mass is 28.3. The van der Waals surface area contributed by atoms with Crippen LogP contribution in [0.2, 0.25) is 12.1 Å². The molecule has 1 heterocycles. The van der Waals surface area contributed by atoms with Crippen LogP contribution in [0.4, 0.5) is 13.2 Å². The molecule has 1 nitrogen and oxygen atoms in total. The summed E-state index contributed by atoms with van der Waals surface area (Å²) in [5.41, 5.74) is 0.714. The van der Waals surface area contributed by atoms with Crippen LogP contribution in [0.25, 0.3) is 0 Å². The van der Waals surface area contributed by atoms with Crippen LogP contribution in [0.3, 0.4) is 0 Å². The summed E-state index contributed by atoms with van der Waals surface area (Å²) in [7, 11) is -1.24. The number of hydrogen-bond acceptors (Lipinski definition) is 1. The minimum atomic E-state index is -4.06. The molecule has 1 unspecified atom stereocenters. The first-order valence-electron chi connectivity index (χ1n) is 5.32. The summed E-state index contributed by atoms with van der Waals surface area (Å²) in [5, 5.41) is 0. The second-order valence-electron chi connectivity index (χ2n) is 4.06. The minimum Gasteiger partial charge on any atom is -0.420 e. The van der Waals surface area contributed by atoms with Gasteiger partial charge in [0.05, 0.1) is 0 Å². The highest BCUT2D eigenvalue weighted by Crippen LogP contribution is 2.26. The smallest absolute Gasteiger partial charge is 0.389 e. The van der Waals surface area contributed by atoms with E-state index in [4.69, 9.17) is 4.43 Å². The van der Waals surface area contributed by atoms with E-state index in [1.165, 1.54) is 6.42 Å². The molecule has 0 spiro atoms. The fourth-order valence-electron chi connectivity index (χ4n) is 1.71. The van der Waals surface area contributed by atoms with E-state index in [1.54, 1.807) is 0 Å². The SMILES string of the molecule is C=C(CCC(F)(F)F)C[SiH]1CCCCO1. The van der Waals surface area contributed by atoms with E-state index in [9.17, 15) is 13.2 Å². The Morgan fingerprint density at radius 1 is 1.33 bits per heavy atom. The molecule has 1 atom stereocenters. The third-order valence-corrected chi connectivity index (χ3v) is 5.34. The van der Waals surface area contributed by atoms with Gasteiger partial charge in [-0.1, -0.05) is 12.0 Å². The molecule has 0 amide bonds. The summed E-state index contributed by atoms with van der Waals surface area (Å²) in [6, 6.07) is 1.81. The van der Waals surface area contributed by atoms with Gasteiger partial charge < -0.3 is 4.43 Å². The first-order chi connectivity index (χ1) is 6.97. The normalized spacial score (nSPS) is 22.7. The molecular formula is C10H17F3OSi. The highest BCUT2D eigenvalue weighted by molar-refractivity contribution is 6.52. The average Bonchev–Trinajstić information content (AvgIpc) is 2.15. The average molecular weight is 238 g/mol. The van der Waals surface area contributed by atoms with Crippen molar-refractivity contribution in [1.82, 2.24) is 0 Å². The zero-order valence-electron chi connectivity index (χ0n) is 8.78. The van der Waals surface area contributed by atoms with Crippen LogP contribution in [-0.2, 0) is 4.43 Å². The van der Waals surface area contributed by atoms with Gasteiger partial charge in [0, 0.05) is 13.0 Å². The molecule has 88 valence electrons. The van der Waals surface area contributed by atoms with Crippen LogP contribution in [0.15, 0.2) is 12.2 Å². The predicted molar refractivity (Wildman–Crippen MR) is 56.4 cm³/mol. The summed E-state index contributed by atoms with van der Waals surface area (Å²) in [4.78, 5) is 0. The monoisotopic (exact) mass is 238 g/mol. The standard InChI is InChI=1S/C10H17F3OSi/c1-9(4-5-10(11,12)13)8-15-7-3-2-6-14-15/h15H,1-8H2. The largest absolute Gasteiger partial charge is 0.420 e. The summed E-state index contributed by atoms with van der Waals surface area (Å²) in [6.07, 6.45) is -2.47. The van der Waals surface area contributed by atoms with E-state index in [0.717, 1.165) is 25.1 Å². The van der Waals surface area contributed by atoms with Gasteiger partial charge in [-0.3, -0.25) is 0 Å². The van der Waals surface area contributed by atoms with Crippen LogP contribution in [0.1, 0.15) is 25.7 Å². The summed E-state index contributed by atoms with van der Waals surface area (Å²) < 4.78 is 41.4. The van der Waals surface area contributed by atoms with E-state index >= 15 is 0 Å². The van der Waals surface area contributed by atoms with E-state index in [-0.39, 0.29) is 6.42 Å². The number of alkyl halides is 3. The molecule has 1 aliphatic rings. The highest BCUT2D eigenvalue weighted by Gasteiger charge is 2.27. The van der Waals surface area contributed by atoms with E-state index in [2.05, 4.69) is 6.58 Å². The van der Waals surface area contributed by atoms with Gasteiger partial charge in [-0.2, -0.15) is 13.2 Å². The molecular weight excluding hydrogens is 221 g/mol. The molecule has 0 bridgehead atoms. The van der Waals surface area contributed by atoms with Gasteiger partial charge >= 0.3 is 6.18 Å². The Labute approximate surface area is 90.0 Å². The Morgan fingerprint density at radius 3 is 2.60 bits per heavy atom. The zero-order valence-corrected chi connectivity index (χ0v) is 9.93. The van der Waals surface area contributed by atoms with Crippen molar-refractivity contribution < 1.29 is 17.6 Å². The summed E-state index contributed by atoms with van der Waals surface area (Å²) >= 11 is 0.